The fraction of sp³-hybridized carbons (Fsp3) is 0.643. The molecule has 0 radical (unpaired) electrons. The van der Waals surface area contributed by atoms with Gasteiger partial charge in [-0.05, 0) is 18.3 Å². The second kappa shape index (κ2) is 4.84. The molecule has 1 saturated heterocycles. The first-order valence-corrected chi connectivity index (χ1v) is 7.09. The minimum atomic E-state index is -0.986. The molecule has 1 heterocycles. The zero-order chi connectivity index (χ0) is 15.3. The SMILES string of the molecule is NC(=O)C1CC(O)CN1C(=O)C1C2C=CC(C2)C1C(=O)O. The van der Waals surface area contributed by atoms with Crippen LogP contribution in [0.5, 0.6) is 0 Å². The Kier molecular flexibility index (Phi) is 3.24. The van der Waals surface area contributed by atoms with E-state index in [1.54, 1.807) is 0 Å². The number of carboxylic acid groups (broad SMARTS) is 1. The molecular formula is C14H18N2O5. The zero-order valence-electron chi connectivity index (χ0n) is 11.4. The van der Waals surface area contributed by atoms with Crippen molar-refractivity contribution in [1.82, 2.24) is 4.90 Å². The van der Waals surface area contributed by atoms with Gasteiger partial charge in [-0.1, -0.05) is 12.2 Å². The van der Waals surface area contributed by atoms with Gasteiger partial charge in [0, 0.05) is 13.0 Å². The van der Waals surface area contributed by atoms with Crippen molar-refractivity contribution in [3.05, 3.63) is 12.2 Å². The van der Waals surface area contributed by atoms with Gasteiger partial charge in [-0.3, -0.25) is 14.4 Å². The summed E-state index contributed by atoms with van der Waals surface area (Å²) >= 11 is 0. The van der Waals surface area contributed by atoms with Gasteiger partial charge in [0.1, 0.15) is 6.04 Å². The second-order valence-electron chi connectivity index (χ2n) is 6.14. The third-order valence-electron chi connectivity index (χ3n) is 4.92. The third-order valence-corrected chi connectivity index (χ3v) is 4.92. The number of carbonyl (C=O) groups is 3. The standard InChI is InChI=1S/C14H18N2O5/c15-12(18)9-4-8(17)5-16(9)13(19)10-6-1-2-7(3-6)11(10)14(20)21/h1-2,6-11,17H,3-5H2,(H2,15,18)(H,20,21). The summed E-state index contributed by atoms with van der Waals surface area (Å²) in [5.41, 5.74) is 5.28. The Morgan fingerprint density at radius 2 is 1.71 bits per heavy atom. The molecule has 2 fully saturated rings. The second-order valence-corrected chi connectivity index (χ2v) is 6.14. The molecule has 6 unspecified atom stereocenters. The number of hydrogen-bond donors (Lipinski definition) is 3. The number of rotatable bonds is 3. The Balaban J connectivity index is 1.86. The molecule has 7 heteroatoms. The van der Waals surface area contributed by atoms with Crippen molar-refractivity contribution in [1.29, 1.82) is 0 Å². The smallest absolute Gasteiger partial charge is 0.307 e. The van der Waals surface area contributed by atoms with Gasteiger partial charge in [0.15, 0.2) is 0 Å². The fourth-order valence-corrected chi connectivity index (χ4v) is 4.01. The van der Waals surface area contributed by atoms with Crippen molar-refractivity contribution in [2.45, 2.75) is 25.0 Å². The van der Waals surface area contributed by atoms with Crippen molar-refractivity contribution >= 4 is 17.8 Å². The Morgan fingerprint density at radius 3 is 2.29 bits per heavy atom. The van der Waals surface area contributed by atoms with Gasteiger partial charge >= 0.3 is 5.97 Å². The van der Waals surface area contributed by atoms with Crippen molar-refractivity contribution in [3.63, 3.8) is 0 Å². The van der Waals surface area contributed by atoms with E-state index in [2.05, 4.69) is 0 Å². The van der Waals surface area contributed by atoms with Gasteiger partial charge in [0.2, 0.25) is 11.8 Å². The summed E-state index contributed by atoms with van der Waals surface area (Å²) in [5.74, 6) is -3.66. The number of fused-ring (bicyclic) bond motifs is 2. The summed E-state index contributed by atoms with van der Waals surface area (Å²) in [5, 5.41) is 19.1. The van der Waals surface area contributed by atoms with Gasteiger partial charge in [0.05, 0.1) is 17.9 Å². The van der Waals surface area contributed by atoms with Crippen LogP contribution >= 0.6 is 0 Å². The minimum Gasteiger partial charge on any atom is -0.481 e. The van der Waals surface area contributed by atoms with E-state index in [0.29, 0.717) is 6.42 Å². The minimum absolute atomic E-state index is 0.0381. The molecule has 1 saturated carbocycles. The quantitative estimate of drug-likeness (QED) is 0.574. The lowest BCUT2D eigenvalue weighted by Gasteiger charge is -2.30. The fourth-order valence-electron chi connectivity index (χ4n) is 4.01. The van der Waals surface area contributed by atoms with E-state index in [-0.39, 0.29) is 30.7 Å². The summed E-state index contributed by atoms with van der Waals surface area (Å²) in [6, 6.07) is -0.843. The van der Waals surface area contributed by atoms with Gasteiger partial charge in [-0.25, -0.2) is 0 Å². The first-order chi connectivity index (χ1) is 9.90. The van der Waals surface area contributed by atoms with Crippen LogP contribution in [-0.2, 0) is 14.4 Å². The Morgan fingerprint density at radius 1 is 1.10 bits per heavy atom. The number of hydrogen-bond acceptors (Lipinski definition) is 4. The number of likely N-dealkylation sites (tertiary alicyclic amines) is 1. The lowest BCUT2D eigenvalue weighted by atomic mass is 9.82. The lowest BCUT2D eigenvalue weighted by molar-refractivity contribution is -0.152. The van der Waals surface area contributed by atoms with E-state index >= 15 is 0 Å². The van der Waals surface area contributed by atoms with E-state index in [0.717, 1.165) is 0 Å². The van der Waals surface area contributed by atoms with E-state index < -0.39 is 35.9 Å². The normalized spacial score (nSPS) is 40.7. The number of amides is 2. The molecule has 0 spiro atoms. The molecule has 2 amide bonds. The van der Waals surface area contributed by atoms with Crippen LogP contribution in [-0.4, -0.2) is 51.6 Å². The van der Waals surface area contributed by atoms with E-state index in [9.17, 15) is 24.6 Å². The molecule has 7 nitrogen and oxygen atoms in total. The molecule has 4 N–H and O–H groups in total. The zero-order valence-corrected chi connectivity index (χ0v) is 11.4. The van der Waals surface area contributed by atoms with Crippen LogP contribution in [0, 0.1) is 23.7 Å². The van der Waals surface area contributed by atoms with E-state index in [1.807, 2.05) is 12.2 Å². The van der Waals surface area contributed by atoms with Gasteiger partial charge in [0.25, 0.3) is 0 Å². The van der Waals surface area contributed by atoms with Gasteiger partial charge < -0.3 is 20.8 Å². The lowest BCUT2D eigenvalue weighted by Crippen LogP contribution is -2.49. The molecule has 6 atom stereocenters. The van der Waals surface area contributed by atoms with Crippen LogP contribution in [0.15, 0.2) is 12.2 Å². The predicted molar refractivity (Wildman–Crippen MR) is 70.7 cm³/mol. The Hall–Kier alpha value is -1.89. The van der Waals surface area contributed by atoms with Crippen LogP contribution in [0.1, 0.15) is 12.8 Å². The van der Waals surface area contributed by atoms with Crippen LogP contribution in [0.25, 0.3) is 0 Å². The maximum atomic E-state index is 12.7. The first kappa shape index (κ1) is 14.1. The van der Waals surface area contributed by atoms with Crippen molar-refractivity contribution in [3.8, 4) is 0 Å². The first-order valence-electron chi connectivity index (χ1n) is 7.09. The highest BCUT2D eigenvalue weighted by molar-refractivity contribution is 5.91. The number of β-amino-alcohol motifs (C(OH)–C–C–N with tert-alkyl or cyclic N) is 1. The molecule has 0 aromatic carbocycles. The highest BCUT2D eigenvalue weighted by Crippen LogP contribution is 2.49. The molecule has 0 aromatic rings. The van der Waals surface area contributed by atoms with Crippen LogP contribution < -0.4 is 5.73 Å². The van der Waals surface area contributed by atoms with Gasteiger partial charge in [-0.2, -0.15) is 0 Å². The number of nitrogens with two attached hydrogens (primary N) is 1. The molecule has 114 valence electrons. The molecule has 0 aromatic heterocycles. The largest absolute Gasteiger partial charge is 0.481 e. The molecule has 3 rings (SSSR count). The molecular weight excluding hydrogens is 276 g/mol. The number of primary amides is 1. The molecule has 1 aliphatic heterocycles. The average molecular weight is 294 g/mol. The summed E-state index contributed by atoms with van der Waals surface area (Å²) in [4.78, 5) is 36.9. The van der Waals surface area contributed by atoms with E-state index in [4.69, 9.17) is 5.73 Å². The number of aliphatic carboxylic acids is 1. The number of carbonyl (C=O) groups excluding carboxylic acids is 2. The molecule has 2 bridgehead atoms. The highest BCUT2D eigenvalue weighted by atomic mass is 16.4. The molecule has 3 aliphatic rings. The number of aliphatic hydroxyl groups is 1. The summed E-state index contributed by atoms with van der Waals surface area (Å²) in [7, 11) is 0. The van der Waals surface area contributed by atoms with Crippen molar-refractivity contribution < 1.29 is 24.6 Å². The average Bonchev–Trinajstić information content (AvgIpc) is 3.09. The van der Waals surface area contributed by atoms with Gasteiger partial charge in [-0.15, -0.1) is 0 Å². The van der Waals surface area contributed by atoms with Crippen molar-refractivity contribution in [2.24, 2.45) is 29.4 Å². The maximum Gasteiger partial charge on any atom is 0.307 e. The number of carboxylic acids is 1. The Labute approximate surface area is 121 Å². The number of aliphatic hydroxyl groups excluding tert-OH is 1. The Bertz CT molecular complexity index is 531. The van der Waals surface area contributed by atoms with Crippen LogP contribution in [0.2, 0.25) is 0 Å². The van der Waals surface area contributed by atoms with Crippen LogP contribution in [0.4, 0.5) is 0 Å². The topological polar surface area (TPSA) is 121 Å². The maximum absolute atomic E-state index is 12.7. The highest BCUT2D eigenvalue weighted by Gasteiger charge is 2.54. The third kappa shape index (κ3) is 2.12. The number of nitrogens with zero attached hydrogens (tertiary/aromatic N) is 1. The van der Waals surface area contributed by atoms with Crippen LogP contribution in [0.3, 0.4) is 0 Å². The summed E-state index contributed by atoms with van der Waals surface area (Å²) in [6.45, 7) is 0.0381. The van der Waals surface area contributed by atoms with E-state index in [1.165, 1.54) is 4.90 Å². The molecule has 21 heavy (non-hydrogen) atoms. The van der Waals surface area contributed by atoms with Crippen molar-refractivity contribution in [2.75, 3.05) is 6.54 Å². The summed E-state index contributed by atoms with van der Waals surface area (Å²) in [6.07, 6.45) is 3.74. The number of allylic oxidation sites excluding steroid dienone is 2. The molecule has 2 aliphatic carbocycles. The monoisotopic (exact) mass is 294 g/mol. The summed E-state index contributed by atoms with van der Waals surface area (Å²) < 4.78 is 0. The predicted octanol–water partition coefficient (Wildman–Crippen LogP) is -1.04.